The Morgan fingerprint density at radius 3 is 1.60 bits per heavy atom. The zero-order valence-electron chi connectivity index (χ0n) is 24.6. The van der Waals surface area contributed by atoms with Crippen molar-refractivity contribution in [1.82, 2.24) is 24.3 Å². The second-order valence-corrected chi connectivity index (χ2v) is 12.5. The minimum absolute atomic E-state index is 0.0405. The fourth-order valence-corrected chi connectivity index (χ4v) is 5.61. The van der Waals surface area contributed by atoms with E-state index >= 15 is 0 Å². The van der Waals surface area contributed by atoms with Gasteiger partial charge in [0.2, 0.25) is 10.0 Å². The number of carboxylic acids is 3. The van der Waals surface area contributed by atoms with E-state index in [1.807, 2.05) is 35.2 Å². The molecule has 1 aromatic rings. The van der Waals surface area contributed by atoms with Crippen LogP contribution in [0.5, 0.6) is 0 Å². The van der Waals surface area contributed by atoms with Gasteiger partial charge in [0.25, 0.3) is 0 Å². The third-order valence-corrected chi connectivity index (χ3v) is 7.70. The maximum atomic E-state index is 12.1. The van der Waals surface area contributed by atoms with E-state index in [-0.39, 0.29) is 78.5 Å². The molecule has 16 heteroatoms. The molecule has 1 aliphatic heterocycles. The van der Waals surface area contributed by atoms with Crippen LogP contribution in [0.1, 0.15) is 12.0 Å². The number of hydrogen-bond donors (Lipinski definition) is 5. The fraction of sp³-hybridized carbons (Fsp3) is 0.667. The molecule has 1 saturated heterocycles. The fourth-order valence-electron chi connectivity index (χ4n) is 4.78. The summed E-state index contributed by atoms with van der Waals surface area (Å²) in [7, 11) is -3.67. The number of aliphatic carboxylic acids is 3. The van der Waals surface area contributed by atoms with Crippen molar-refractivity contribution >= 4 is 27.9 Å². The molecule has 1 aromatic carbocycles. The number of carboxylic acid groups (broad SMARTS) is 3. The highest BCUT2D eigenvalue weighted by atomic mass is 32.2. The topological polar surface area (TPSA) is 200 Å². The first-order valence-corrected chi connectivity index (χ1v) is 16.0. The van der Waals surface area contributed by atoms with Gasteiger partial charge in [-0.1, -0.05) is 30.3 Å². The van der Waals surface area contributed by atoms with Crippen LogP contribution in [0.4, 0.5) is 0 Å². The van der Waals surface area contributed by atoms with Crippen LogP contribution in [0, 0.1) is 0 Å². The molecule has 1 heterocycles. The maximum absolute atomic E-state index is 12.1. The van der Waals surface area contributed by atoms with Crippen molar-refractivity contribution in [2.24, 2.45) is 0 Å². The summed E-state index contributed by atoms with van der Waals surface area (Å²) < 4.78 is 32.4. The molecule has 2 unspecified atom stereocenters. The number of rotatable bonds is 16. The largest absolute Gasteiger partial charge is 0.480 e. The normalized spacial score (nSPS) is 18.7. The van der Waals surface area contributed by atoms with E-state index in [0.717, 1.165) is 11.8 Å². The van der Waals surface area contributed by atoms with Gasteiger partial charge in [-0.3, -0.25) is 34.0 Å². The Morgan fingerprint density at radius 2 is 1.21 bits per heavy atom. The van der Waals surface area contributed by atoms with Crippen molar-refractivity contribution in [2.45, 2.75) is 25.2 Å². The summed E-state index contributed by atoms with van der Waals surface area (Å²) in [5.41, 5.74) is 0.956. The molecule has 0 spiro atoms. The molecule has 244 valence electrons. The number of aliphatic hydroxyl groups is 1. The Morgan fingerprint density at radius 1 is 0.791 bits per heavy atom. The van der Waals surface area contributed by atoms with E-state index in [9.17, 15) is 43.2 Å². The van der Waals surface area contributed by atoms with Crippen LogP contribution in [0.25, 0.3) is 0 Å². The molecule has 0 bridgehead atoms. The van der Waals surface area contributed by atoms with Crippen molar-refractivity contribution in [3.63, 3.8) is 0 Å². The number of β-amino-alcohol motifs (C(OH)–C–C–N with tert-alkyl or cyclic N) is 1. The highest BCUT2D eigenvalue weighted by Gasteiger charge is 2.26. The second-order valence-electron chi connectivity index (χ2n) is 10.7. The number of benzene rings is 1. The maximum Gasteiger partial charge on any atom is 0.317 e. The molecular weight excluding hydrogens is 586 g/mol. The second kappa shape index (κ2) is 18.9. The van der Waals surface area contributed by atoms with E-state index in [1.54, 1.807) is 14.7 Å². The predicted octanol–water partition coefficient (Wildman–Crippen LogP) is -1.65. The first-order valence-electron chi connectivity index (χ1n) is 14.1. The summed E-state index contributed by atoms with van der Waals surface area (Å²) >= 11 is 0. The van der Waals surface area contributed by atoms with E-state index in [2.05, 4.69) is 4.72 Å². The summed E-state index contributed by atoms with van der Waals surface area (Å²) in [6.45, 7) is 2.02. The Hall–Kier alpha value is -2.70. The Kier molecular flexibility index (Phi) is 16.0. The number of carbonyl (C=O) groups is 3. The van der Waals surface area contributed by atoms with Crippen LogP contribution < -0.4 is 4.72 Å². The number of sulfonamides is 1. The lowest BCUT2D eigenvalue weighted by Crippen LogP contribution is -2.52. The molecule has 0 radical (unpaired) electrons. The van der Waals surface area contributed by atoms with Crippen molar-refractivity contribution in [2.75, 3.05) is 91.4 Å². The van der Waals surface area contributed by atoms with Crippen LogP contribution in [0.3, 0.4) is 0 Å². The SMILES string of the molecule is CS(=O)(=O)NC(CCOCc1ccccc1)C(O)CN1CCN(CC(=O)O)CCN(CC(=O)O)CCN(CC(=O)O)CC1. The molecular formula is C27H45N5O10S. The van der Waals surface area contributed by atoms with Crippen LogP contribution in [-0.2, 0) is 35.8 Å². The van der Waals surface area contributed by atoms with Gasteiger partial charge in [-0.25, -0.2) is 13.1 Å². The van der Waals surface area contributed by atoms with Gasteiger partial charge >= 0.3 is 17.9 Å². The van der Waals surface area contributed by atoms with Gasteiger partial charge in [-0.2, -0.15) is 0 Å². The van der Waals surface area contributed by atoms with Crippen LogP contribution >= 0.6 is 0 Å². The average molecular weight is 632 g/mol. The minimum atomic E-state index is -3.67. The van der Waals surface area contributed by atoms with Gasteiger partial charge in [0.05, 0.1) is 44.6 Å². The Bertz CT molecular complexity index is 1080. The highest BCUT2D eigenvalue weighted by Crippen LogP contribution is 2.09. The molecule has 0 aromatic heterocycles. The van der Waals surface area contributed by atoms with Crippen molar-refractivity contribution in [1.29, 1.82) is 0 Å². The number of nitrogens with one attached hydrogen (secondary N) is 1. The molecule has 2 atom stereocenters. The smallest absolute Gasteiger partial charge is 0.317 e. The molecule has 0 saturated carbocycles. The van der Waals surface area contributed by atoms with Gasteiger partial charge in [0.15, 0.2) is 0 Å². The van der Waals surface area contributed by atoms with Gasteiger partial charge < -0.3 is 25.2 Å². The lowest BCUT2D eigenvalue weighted by molar-refractivity contribution is -0.140. The number of ether oxygens (including phenoxy) is 1. The predicted molar refractivity (Wildman–Crippen MR) is 157 cm³/mol. The monoisotopic (exact) mass is 631 g/mol. The Balaban J connectivity index is 2.14. The van der Waals surface area contributed by atoms with E-state index < -0.39 is 40.1 Å². The van der Waals surface area contributed by atoms with Crippen molar-refractivity contribution in [3.8, 4) is 0 Å². The summed E-state index contributed by atoms with van der Waals surface area (Å²) in [5.74, 6) is -3.11. The molecule has 0 aliphatic carbocycles. The average Bonchev–Trinajstić information content (AvgIpc) is 2.90. The van der Waals surface area contributed by atoms with Gasteiger partial charge in [-0.05, 0) is 12.0 Å². The molecule has 2 rings (SSSR count). The van der Waals surface area contributed by atoms with Crippen LogP contribution in [0.2, 0.25) is 0 Å². The summed E-state index contributed by atoms with van der Waals surface area (Å²) in [6, 6.07) is 8.61. The zero-order valence-corrected chi connectivity index (χ0v) is 25.4. The number of aliphatic hydroxyl groups excluding tert-OH is 1. The number of hydrogen-bond acceptors (Lipinski definition) is 11. The Labute approximate surface area is 252 Å². The summed E-state index contributed by atoms with van der Waals surface area (Å²) in [5, 5.41) is 39.3. The first kappa shape index (κ1) is 36.5. The zero-order chi connectivity index (χ0) is 31.8. The molecule has 1 fully saturated rings. The third kappa shape index (κ3) is 16.7. The third-order valence-electron chi connectivity index (χ3n) is 6.97. The quantitative estimate of drug-likeness (QED) is 0.130. The van der Waals surface area contributed by atoms with Crippen LogP contribution in [-0.4, -0.2) is 170 Å². The highest BCUT2D eigenvalue weighted by molar-refractivity contribution is 7.88. The lowest BCUT2D eigenvalue weighted by Gasteiger charge is -2.34. The lowest BCUT2D eigenvalue weighted by atomic mass is 10.1. The van der Waals surface area contributed by atoms with Gasteiger partial charge in [0, 0.05) is 65.5 Å². The first-order chi connectivity index (χ1) is 20.3. The molecule has 43 heavy (non-hydrogen) atoms. The van der Waals surface area contributed by atoms with E-state index in [0.29, 0.717) is 19.7 Å². The van der Waals surface area contributed by atoms with Crippen molar-refractivity contribution in [3.05, 3.63) is 35.9 Å². The van der Waals surface area contributed by atoms with Crippen LogP contribution in [0.15, 0.2) is 30.3 Å². The summed E-state index contributed by atoms with van der Waals surface area (Å²) in [4.78, 5) is 41.2. The molecule has 1 aliphatic rings. The minimum Gasteiger partial charge on any atom is -0.480 e. The molecule has 15 nitrogen and oxygen atoms in total. The number of nitrogens with zero attached hydrogens (tertiary/aromatic N) is 4. The van der Waals surface area contributed by atoms with Gasteiger partial charge in [-0.15, -0.1) is 0 Å². The standard InChI is InChI=1S/C27H45N5O10S/c1-43(40,41)28-23(7-16-42-21-22-5-3-2-4-6-22)24(33)17-29-8-10-30(18-25(34)35)12-14-32(20-27(38)39)15-13-31(11-9-29)19-26(36)37/h2-6,23-24,28,33H,7-21H2,1H3,(H,34,35)(H,36,37)(H,38,39). The van der Waals surface area contributed by atoms with E-state index in [4.69, 9.17) is 4.74 Å². The van der Waals surface area contributed by atoms with Gasteiger partial charge in [0.1, 0.15) is 0 Å². The molecule has 0 amide bonds. The van der Waals surface area contributed by atoms with Crippen molar-refractivity contribution < 1.29 is 48.0 Å². The van der Waals surface area contributed by atoms with E-state index in [1.165, 1.54) is 0 Å². The molecule has 5 N–H and O–H groups in total. The summed E-state index contributed by atoms with van der Waals surface area (Å²) in [6.07, 6.45) is 0.0643.